The molecule has 0 saturated carbocycles. The molecular weight excluding hydrogens is 414 g/mol. The highest BCUT2D eigenvalue weighted by Gasteiger charge is 2.07. The number of nitrogens with one attached hydrogen (secondary N) is 1. The Hall–Kier alpha value is -3.36. The average Bonchev–Trinajstić information content (AvgIpc) is 2.76. The Morgan fingerprint density at radius 2 is 1.71 bits per heavy atom. The molecule has 0 aliphatic rings. The Bertz CT molecular complexity index is 1120. The first-order valence-corrected chi connectivity index (χ1v) is 11.4. The lowest BCUT2D eigenvalue weighted by Crippen LogP contribution is -2.11. The van der Waals surface area contributed by atoms with Gasteiger partial charge in [-0.1, -0.05) is 30.3 Å². The molecule has 0 aromatic heterocycles. The van der Waals surface area contributed by atoms with Crippen molar-refractivity contribution in [1.29, 1.82) is 0 Å². The number of rotatable bonds is 10. The van der Waals surface area contributed by atoms with Crippen molar-refractivity contribution in [3.05, 3.63) is 83.9 Å². The van der Waals surface area contributed by atoms with Gasteiger partial charge in [0.25, 0.3) is 0 Å². The Labute approximate surface area is 182 Å². The molecule has 0 atom stereocenters. The average molecular weight is 440 g/mol. The van der Waals surface area contributed by atoms with Crippen LogP contribution < -0.4 is 20.0 Å². The maximum absolute atomic E-state index is 11.3. The van der Waals surface area contributed by atoms with Gasteiger partial charge in [0.05, 0.1) is 30.0 Å². The van der Waals surface area contributed by atoms with E-state index >= 15 is 0 Å². The summed E-state index contributed by atoms with van der Waals surface area (Å²) in [5, 5.41) is 9.28. The van der Waals surface area contributed by atoms with Crippen molar-refractivity contribution in [2.45, 2.75) is 18.2 Å². The van der Waals surface area contributed by atoms with Gasteiger partial charge in [-0.2, -0.15) is 5.10 Å². The van der Waals surface area contributed by atoms with Crippen molar-refractivity contribution < 1.29 is 17.9 Å². The van der Waals surface area contributed by atoms with Crippen LogP contribution in [0.25, 0.3) is 0 Å². The molecule has 3 aromatic rings. The fourth-order valence-corrected chi connectivity index (χ4v) is 3.33. The molecule has 0 spiro atoms. The third-order valence-electron chi connectivity index (χ3n) is 4.35. The molecular formula is C23H25N3O4S. The Morgan fingerprint density at radius 1 is 0.968 bits per heavy atom. The highest BCUT2D eigenvalue weighted by Crippen LogP contribution is 2.28. The summed E-state index contributed by atoms with van der Waals surface area (Å²) in [7, 11) is -3.71. The first-order valence-electron chi connectivity index (χ1n) is 9.81. The lowest BCUT2D eigenvalue weighted by Gasteiger charge is -2.12. The number of nitrogens with two attached hydrogens (primary N) is 1. The van der Waals surface area contributed by atoms with Crippen LogP contribution >= 0.6 is 0 Å². The number of anilines is 1. The van der Waals surface area contributed by atoms with E-state index < -0.39 is 10.0 Å². The summed E-state index contributed by atoms with van der Waals surface area (Å²) in [4.78, 5) is 0.0474. The minimum absolute atomic E-state index is 0.0474. The number of nitrogens with zero attached hydrogens (tertiary/aromatic N) is 1. The lowest BCUT2D eigenvalue weighted by atomic mass is 10.2. The van der Waals surface area contributed by atoms with Crippen LogP contribution in [-0.4, -0.2) is 27.8 Å². The summed E-state index contributed by atoms with van der Waals surface area (Å²) < 4.78 is 34.2. The molecule has 31 heavy (non-hydrogen) atoms. The van der Waals surface area contributed by atoms with E-state index in [1.807, 2.05) is 43.3 Å². The molecule has 0 fully saturated rings. The van der Waals surface area contributed by atoms with E-state index in [9.17, 15) is 8.42 Å². The molecule has 0 aliphatic heterocycles. The van der Waals surface area contributed by atoms with Gasteiger partial charge in [-0.15, -0.1) is 0 Å². The van der Waals surface area contributed by atoms with E-state index in [-0.39, 0.29) is 4.90 Å². The Morgan fingerprint density at radius 3 is 2.39 bits per heavy atom. The highest BCUT2D eigenvalue weighted by molar-refractivity contribution is 7.89. The first kappa shape index (κ1) is 22.3. The van der Waals surface area contributed by atoms with Gasteiger partial charge in [0.2, 0.25) is 10.0 Å². The topological polar surface area (TPSA) is 103 Å². The minimum atomic E-state index is -3.71. The van der Waals surface area contributed by atoms with Gasteiger partial charge in [-0.25, -0.2) is 13.6 Å². The molecule has 3 rings (SSSR count). The van der Waals surface area contributed by atoms with Gasteiger partial charge in [-0.05, 0) is 60.5 Å². The molecule has 0 radical (unpaired) electrons. The number of hydrogen-bond donors (Lipinski definition) is 2. The maximum atomic E-state index is 11.3. The Kier molecular flexibility index (Phi) is 7.64. The molecule has 0 saturated heterocycles. The van der Waals surface area contributed by atoms with Crippen molar-refractivity contribution >= 4 is 21.9 Å². The SMILES string of the molecule is CCOc1cc(C=NNc2ccc(S(N)(=O)=O)cc2)ccc1OCCc1ccccc1. The largest absolute Gasteiger partial charge is 0.490 e. The fourth-order valence-electron chi connectivity index (χ4n) is 2.82. The summed E-state index contributed by atoms with van der Waals surface area (Å²) in [5.41, 5.74) is 5.53. The highest BCUT2D eigenvalue weighted by atomic mass is 32.2. The molecule has 162 valence electrons. The van der Waals surface area contributed by atoms with E-state index in [4.69, 9.17) is 14.6 Å². The smallest absolute Gasteiger partial charge is 0.238 e. The molecule has 0 heterocycles. The quantitative estimate of drug-likeness (QED) is 0.369. The molecule has 3 N–H and O–H groups in total. The van der Waals surface area contributed by atoms with Crippen LogP contribution in [0.3, 0.4) is 0 Å². The standard InChI is InChI=1S/C23H25N3O4S/c1-2-29-23-16-19(8-13-22(23)30-15-14-18-6-4-3-5-7-18)17-25-26-20-9-11-21(12-10-20)31(24,27)28/h3-13,16-17,26H,2,14-15H2,1H3,(H2,24,27,28). The third-order valence-corrected chi connectivity index (χ3v) is 5.28. The normalized spacial score (nSPS) is 11.4. The molecule has 0 bridgehead atoms. The Balaban J connectivity index is 1.61. The van der Waals surface area contributed by atoms with Gasteiger partial charge in [-0.3, -0.25) is 5.43 Å². The summed E-state index contributed by atoms with van der Waals surface area (Å²) in [6, 6.07) is 21.8. The second-order valence-corrected chi connectivity index (χ2v) is 8.22. The summed E-state index contributed by atoms with van der Waals surface area (Å²) in [5.74, 6) is 1.33. The maximum Gasteiger partial charge on any atom is 0.238 e. The zero-order chi connectivity index (χ0) is 22.1. The number of benzene rings is 3. The third kappa shape index (κ3) is 6.84. The number of hydrazone groups is 1. The minimum Gasteiger partial charge on any atom is -0.490 e. The van der Waals surface area contributed by atoms with Crippen molar-refractivity contribution in [2.24, 2.45) is 10.2 Å². The molecule has 8 heteroatoms. The number of primary sulfonamides is 1. The van der Waals surface area contributed by atoms with Crippen LogP contribution in [-0.2, 0) is 16.4 Å². The van der Waals surface area contributed by atoms with Gasteiger partial charge >= 0.3 is 0 Å². The van der Waals surface area contributed by atoms with E-state index in [1.165, 1.54) is 17.7 Å². The first-order chi connectivity index (χ1) is 15.0. The van der Waals surface area contributed by atoms with Crippen LogP contribution in [0.5, 0.6) is 11.5 Å². The van der Waals surface area contributed by atoms with Gasteiger partial charge < -0.3 is 9.47 Å². The fraction of sp³-hybridized carbons (Fsp3) is 0.174. The summed E-state index contributed by atoms with van der Waals surface area (Å²) in [6.07, 6.45) is 2.45. The van der Waals surface area contributed by atoms with Crippen molar-refractivity contribution in [3.63, 3.8) is 0 Å². The van der Waals surface area contributed by atoms with Crippen molar-refractivity contribution in [2.75, 3.05) is 18.6 Å². The van der Waals surface area contributed by atoms with Crippen LogP contribution in [0.1, 0.15) is 18.1 Å². The number of hydrogen-bond acceptors (Lipinski definition) is 6. The van der Waals surface area contributed by atoms with E-state index in [0.717, 1.165) is 12.0 Å². The molecule has 0 unspecified atom stereocenters. The molecule has 0 amide bonds. The summed E-state index contributed by atoms with van der Waals surface area (Å²) in [6.45, 7) is 2.99. The molecule has 3 aromatic carbocycles. The number of sulfonamides is 1. The molecule has 7 nitrogen and oxygen atoms in total. The van der Waals surface area contributed by atoms with Crippen molar-refractivity contribution in [1.82, 2.24) is 0 Å². The van der Waals surface area contributed by atoms with Crippen LogP contribution in [0.2, 0.25) is 0 Å². The van der Waals surface area contributed by atoms with Gasteiger partial charge in [0.1, 0.15) is 0 Å². The summed E-state index contributed by atoms with van der Waals surface area (Å²) >= 11 is 0. The predicted molar refractivity (Wildman–Crippen MR) is 122 cm³/mol. The lowest BCUT2D eigenvalue weighted by molar-refractivity contribution is 0.279. The predicted octanol–water partition coefficient (Wildman–Crippen LogP) is 3.80. The van der Waals surface area contributed by atoms with Crippen molar-refractivity contribution in [3.8, 4) is 11.5 Å². The second kappa shape index (κ2) is 10.6. The zero-order valence-corrected chi connectivity index (χ0v) is 18.0. The molecule has 0 aliphatic carbocycles. The van der Waals surface area contributed by atoms with Crippen LogP contribution in [0, 0.1) is 0 Å². The van der Waals surface area contributed by atoms with Crippen LogP contribution in [0.15, 0.2) is 82.8 Å². The monoisotopic (exact) mass is 439 g/mol. The number of ether oxygens (including phenoxy) is 2. The van der Waals surface area contributed by atoms with Gasteiger partial charge in [0, 0.05) is 6.42 Å². The van der Waals surface area contributed by atoms with Crippen LogP contribution in [0.4, 0.5) is 5.69 Å². The zero-order valence-electron chi connectivity index (χ0n) is 17.2. The van der Waals surface area contributed by atoms with E-state index in [2.05, 4.69) is 22.7 Å². The van der Waals surface area contributed by atoms with E-state index in [0.29, 0.717) is 30.4 Å². The second-order valence-electron chi connectivity index (χ2n) is 6.66. The van der Waals surface area contributed by atoms with Gasteiger partial charge in [0.15, 0.2) is 11.5 Å². The van der Waals surface area contributed by atoms with E-state index in [1.54, 1.807) is 18.3 Å².